The number of pyridine rings is 1. The van der Waals surface area contributed by atoms with Gasteiger partial charge in [-0.1, -0.05) is 53.5 Å². The van der Waals surface area contributed by atoms with E-state index in [4.69, 9.17) is 27.9 Å². The third kappa shape index (κ3) is 4.07. The maximum absolute atomic E-state index is 12.1. The molecule has 25 heavy (non-hydrogen) atoms. The van der Waals surface area contributed by atoms with Crippen LogP contribution in [0.4, 0.5) is 5.69 Å². The van der Waals surface area contributed by atoms with Crippen LogP contribution in [0.2, 0.25) is 10.0 Å². The molecule has 0 radical (unpaired) electrons. The molecule has 0 aliphatic heterocycles. The molecule has 5 nitrogen and oxygen atoms in total. The van der Waals surface area contributed by atoms with Crippen LogP contribution in [0.15, 0.2) is 54.6 Å². The minimum atomic E-state index is -0.689. The molecule has 0 saturated heterocycles. The number of carbonyl (C=O) groups is 2. The van der Waals surface area contributed by atoms with E-state index in [0.717, 1.165) is 5.39 Å². The zero-order valence-corrected chi connectivity index (χ0v) is 14.3. The van der Waals surface area contributed by atoms with Crippen LogP contribution in [0.3, 0.4) is 0 Å². The van der Waals surface area contributed by atoms with Gasteiger partial charge < -0.3 is 10.1 Å². The van der Waals surface area contributed by atoms with E-state index in [0.29, 0.717) is 15.6 Å². The molecule has 0 saturated carbocycles. The molecular weight excluding hydrogens is 363 g/mol. The number of benzene rings is 2. The molecule has 0 aliphatic rings. The number of amides is 1. The highest BCUT2D eigenvalue weighted by molar-refractivity contribution is 6.39. The monoisotopic (exact) mass is 374 g/mol. The predicted octanol–water partition coefficient (Wildman–Crippen LogP) is 4.34. The molecule has 1 heterocycles. The molecule has 0 atom stereocenters. The maximum atomic E-state index is 12.1. The number of para-hydroxylation sites is 2. The van der Waals surface area contributed by atoms with Crippen molar-refractivity contribution in [2.24, 2.45) is 0 Å². The highest BCUT2D eigenvalue weighted by Crippen LogP contribution is 2.29. The van der Waals surface area contributed by atoms with E-state index in [2.05, 4.69) is 10.3 Å². The zero-order chi connectivity index (χ0) is 17.8. The lowest BCUT2D eigenvalue weighted by atomic mass is 10.2. The number of fused-ring (bicyclic) bond motifs is 1. The van der Waals surface area contributed by atoms with E-state index in [-0.39, 0.29) is 11.4 Å². The normalized spacial score (nSPS) is 10.5. The third-order valence-electron chi connectivity index (χ3n) is 3.37. The van der Waals surface area contributed by atoms with Gasteiger partial charge in [0.25, 0.3) is 5.91 Å². The molecule has 3 rings (SSSR count). The largest absolute Gasteiger partial charge is 0.451 e. The van der Waals surface area contributed by atoms with Crippen molar-refractivity contribution >= 4 is 51.7 Å². The Labute approximate surface area is 153 Å². The summed E-state index contributed by atoms with van der Waals surface area (Å²) in [7, 11) is 0. The Kier molecular flexibility index (Phi) is 5.16. The van der Waals surface area contributed by atoms with E-state index >= 15 is 0 Å². The first-order valence-electron chi connectivity index (χ1n) is 7.31. The van der Waals surface area contributed by atoms with Crippen molar-refractivity contribution in [2.45, 2.75) is 0 Å². The number of carbonyl (C=O) groups excluding carboxylic acids is 2. The van der Waals surface area contributed by atoms with Crippen LogP contribution in [0, 0.1) is 0 Å². The number of ether oxygens (including phenoxy) is 1. The smallest absolute Gasteiger partial charge is 0.357 e. The molecule has 1 aromatic heterocycles. The Balaban J connectivity index is 1.64. The average molecular weight is 375 g/mol. The Morgan fingerprint density at radius 1 is 0.960 bits per heavy atom. The van der Waals surface area contributed by atoms with E-state index in [1.165, 1.54) is 0 Å². The van der Waals surface area contributed by atoms with Crippen LogP contribution in [-0.2, 0) is 9.53 Å². The lowest BCUT2D eigenvalue weighted by Gasteiger charge is -2.09. The molecule has 0 fully saturated rings. The fourth-order valence-corrected chi connectivity index (χ4v) is 2.67. The van der Waals surface area contributed by atoms with Crippen molar-refractivity contribution < 1.29 is 14.3 Å². The Bertz CT molecular complexity index is 940. The van der Waals surface area contributed by atoms with Crippen LogP contribution in [0.5, 0.6) is 0 Å². The molecule has 0 unspecified atom stereocenters. The van der Waals surface area contributed by atoms with Crippen LogP contribution in [0.1, 0.15) is 10.5 Å². The second-order valence-corrected chi connectivity index (χ2v) is 5.92. The van der Waals surface area contributed by atoms with Gasteiger partial charge in [-0.15, -0.1) is 0 Å². The van der Waals surface area contributed by atoms with Crippen LogP contribution >= 0.6 is 23.2 Å². The minimum absolute atomic E-state index is 0.127. The predicted molar refractivity (Wildman–Crippen MR) is 97.1 cm³/mol. The Morgan fingerprint density at radius 3 is 2.44 bits per heavy atom. The number of esters is 1. The van der Waals surface area contributed by atoms with Gasteiger partial charge in [-0.3, -0.25) is 4.79 Å². The summed E-state index contributed by atoms with van der Waals surface area (Å²) in [4.78, 5) is 28.2. The van der Waals surface area contributed by atoms with Gasteiger partial charge in [0.15, 0.2) is 6.61 Å². The number of anilines is 1. The van der Waals surface area contributed by atoms with E-state index in [1.54, 1.807) is 36.4 Å². The second kappa shape index (κ2) is 7.51. The first-order valence-corrected chi connectivity index (χ1v) is 8.07. The van der Waals surface area contributed by atoms with Crippen molar-refractivity contribution in [3.05, 3.63) is 70.3 Å². The van der Waals surface area contributed by atoms with Gasteiger partial charge >= 0.3 is 5.97 Å². The van der Waals surface area contributed by atoms with Gasteiger partial charge in [-0.05, 0) is 24.3 Å². The van der Waals surface area contributed by atoms with Gasteiger partial charge in [0.2, 0.25) is 0 Å². The summed E-state index contributed by atoms with van der Waals surface area (Å²) in [5.41, 5.74) is 1.07. The number of aromatic nitrogens is 1. The number of hydrogen-bond acceptors (Lipinski definition) is 4. The topological polar surface area (TPSA) is 68.3 Å². The van der Waals surface area contributed by atoms with Crippen molar-refractivity contribution in [3.8, 4) is 0 Å². The highest BCUT2D eigenvalue weighted by Gasteiger charge is 2.14. The van der Waals surface area contributed by atoms with Crippen molar-refractivity contribution in [1.82, 2.24) is 4.98 Å². The standard InChI is InChI=1S/C18H12Cl2N2O3/c19-12-5-3-6-13(20)17(12)22-16(23)10-25-18(24)15-9-8-11-4-1-2-7-14(11)21-15/h1-9H,10H2,(H,22,23). The van der Waals surface area contributed by atoms with Gasteiger partial charge in [-0.25, -0.2) is 9.78 Å². The quantitative estimate of drug-likeness (QED) is 0.689. The molecule has 0 aliphatic carbocycles. The minimum Gasteiger partial charge on any atom is -0.451 e. The van der Waals surface area contributed by atoms with E-state index in [1.807, 2.05) is 18.2 Å². The Hall–Kier alpha value is -2.63. The van der Waals surface area contributed by atoms with Crippen molar-refractivity contribution in [2.75, 3.05) is 11.9 Å². The van der Waals surface area contributed by atoms with Crippen LogP contribution in [0.25, 0.3) is 10.9 Å². The fraction of sp³-hybridized carbons (Fsp3) is 0.0556. The maximum Gasteiger partial charge on any atom is 0.357 e. The van der Waals surface area contributed by atoms with Crippen LogP contribution in [-0.4, -0.2) is 23.5 Å². The zero-order valence-electron chi connectivity index (χ0n) is 12.8. The summed E-state index contributed by atoms with van der Waals surface area (Å²) in [6, 6.07) is 15.5. The molecule has 126 valence electrons. The van der Waals surface area contributed by atoms with Gasteiger partial charge in [0.05, 0.1) is 21.2 Å². The summed E-state index contributed by atoms with van der Waals surface area (Å²) >= 11 is 11.9. The second-order valence-electron chi connectivity index (χ2n) is 5.11. The lowest BCUT2D eigenvalue weighted by molar-refractivity contribution is -0.119. The molecule has 0 bridgehead atoms. The molecule has 1 amide bonds. The summed E-state index contributed by atoms with van der Waals surface area (Å²) in [5.74, 6) is -1.24. The van der Waals surface area contributed by atoms with Gasteiger partial charge in [0.1, 0.15) is 5.69 Å². The number of rotatable bonds is 4. The van der Waals surface area contributed by atoms with Crippen molar-refractivity contribution in [1.29, 1.82) is 0 Å². The molecule has 2 aromatic carbocycles. The fourth-order valence-electron chi connectivity index (χ4n) is 2.18. The summed E-state index contributed by atoms with van der Waals surface area (Å²) < 4.78 is 4.99. The van der Waals surface area contributed by atoms with Crippen molar-refractivity contribution in [3.63, 3.8) is 0 Å². The third-order valence-corrected chi connectivity index (χ3v) is 4.00. The summed E-state index contributed by atoms with van der Waals surface area (Å²) in [6.07, 6.45) is 0. The average Bonchev–Trinajstić information content (AvgIpc) is 2.62. The number of halogens is 2. The molecule has 0 spiro atoms. The molecule has 3 aromatic rings. The first kappa shape index (κ1) is 17.2. The summed E-state index contributed by atoms with van der Waals surface area (Å²) in [6.45, 7) is -0.477. The SMILES string of the molecule is O=C(COC(=O)c1ccc2ccccc2n1)Nc1c(Cl)cccc1Cl. The highest BCUT2D eigenvalue weighted by atomic mass is 35.5. The molecule has 7 heteroatoms. The van der Waals surface area contributed by atoms with Crippen LogP contribution < -0.4 is 5.32 Å². The molecule has 1 N–H and O–H groups in total. The Morgan fingerprint density at radius 2 is 1.68 bits per heavy atom. The molecular formula is C18H12Cl2N2O3. The van der Waals surface area contributed by atoms with Gasteiger partial charge in [0, 0.05) is 5.39 Å². The lowest BCUT2D eigenvalue weighted by Crippen LogP contribution is -2.21. The first-order chi connectivity index (χ1) is 12.0. The van der Waals surface area contributed by atoms with E-state index < -0.39 is 18.5 Å². The van der Waals surface area contributed by atoms with E-state index in [9.17, 15) is 9.59 Å². The number of nitrogens with zero attached hydrogens (tertiary/aromatic N) is 1. The number of hydrogen-bond donors (Lipinski definition) is 1. The summed E-state index contributed by atoms with van der Waals surface area (Å²) in [5, 5.41) is 4.01. The van der Waals surface area contributed by atoms with Gasteiger partial charge in [-0.2, -0.15) is 0 Å². The number of nitrogens with one attached hydrogen (secondary N) is 1.